The number of rotatable bonds is 7. The van der Waals surface area contributed by atoms with E-state index in [1.165, 1.54) is 0 Å². The second kappa shape index (κ2) is 7.76. The number of amides is 1. The van der Waals surface area contributed by atoms with E-state index in [1.54, 1.807) is 24.1 Å². The van der Waals surface area contributed by atoms with Gasteiger partial charge in [-0.15, -0.1) is 0 Å². The summed E-state index contributed by atoms with van der Waals surface area (Å²) >= 11 is 0. The molecule has 1 atom stereocenters. The molecule has 0 aliphatic carbocycles. The number of benzene rings is 1. The number of nitrogen functional groups attached to an aromatic ring is 1. The molecule has 1 amide bonds. The molecule has 0 aliphatic heterocycles. The van der Waals surface area contributed by atoms with E-state index in [0.717, 1.165) is 5.56 Å². The Balaban J connectivity index is 2.77. The van der Waals surface area contributed by atoms with Crippen LogP contribution in [-0.2, 0) is 9.53 Å². The van der Waals surface area contributed by atoms with Crippen molar-refractivity contribution in [3.8, 4) is 0 Å². The lowest BCUT2D eigenvalue weighted by molar-refractivity contribution is -0.133. The summed E-state index contributed by atoms with van der Waals surface area (Å²) in [6.45, 7) is 3.03. The largest absolute Gasteiger partial charge is 0.399 e. The molecule has 5 nitrogen and oxygen atoms in total. The lowest BCUT2D eigenvalue weighted by atomic mass is 9.99. The third-order valence-electron chi connectivity index (χ3n) is 3.03. The Labute approximate surface area is 114 Å². The molecule has 1 aromatic rings. The second-order valence-electron chi connectivity index (χ2n) is 4.43. The number of hydrogen-bond acceptors (Lipinski definition) is 4. The summed E-state index contributed by atoms with van der Waals surface area (Å²) in [5.41, 5.74) is 7.25. The number of carbonyl (C=O) groups excluding carboxylic acids is 1. The number of nitrogens with zero attached hydrogens (tertiary/aromatic N) is 1. The first-order valence-corrected chi connectivity index (χ1v) is 6.34. The maximum Gasteiger partial charge on any atom is 0.229 e. The van der Waals surface area contributed by atoms with Crippen LogP contribution in [0.4, 0.5) is 5.69 Å². The van der Waals surface area contributed by atoms with Crippen molar-refractivity contribution in [3.05, 3.63) is 29.8 Å². The summed E-state index contributed by atoms with van der Waals surface area (Å²) in [5.74, 6) is -0.316. The predicted molar refractivity (Wildman–Crippen MR) is 74.8 cm³/mol. The minimum absolute atomic E-state index is 0.0308. The summed E-state index contributed by atoms with van der Waals surface area (Å²) < 4.78 is 4.98. The van der Waals surface area contributed by atoms with Crippen molar-refractivity contribution in [3.63, 3.8) is 0 Å². The average Bonchev–Trinajstić information content (AvgIpc) is 2.42. The van der Waals surface area contributed by atoms with Crippen LogP contribution in [0.25, 0.3) is 0 Å². The molecule has 0 spiro atoms. The number of aliphatic hydroxyl groups excluding tert-OH is 1. The molecule has 0 saturated heterocycles. The van der Waals surface area contributed by atoms with Crippen molar-refractivity contribution >= 4 is 11.6 Å². The number of nitrogens with two attached hydrogens (primary N) is 1. The second-order valence-corrected chi connectivity index (χ2v) is 4.43. The van der Waals surface area contributed by atoms with Gasteiger partial charge >= 0.3 is 0 Å². The molecule has 0 aliphatic rings. The number of ether oxygens (including phenoxy) is 1. The molecular formula is C14H22N2O3. The fourth-order valence-electron chi connectivity index (χ4n) is 1.90. The molecule has 106 valence electrons. The molecule has 0 radical (unpaired) electrons. The van der Waals surface area contributed by atoms with Crippen LogP contribution in [0.3, 0.4) is 0 Å². The molecule has 19 heavy (non-hydrogen) atoms. The summed E-state index contributed by atoms with van der Waals surface area (Å²) in [6.07, 6.45) is 0. The fraction of sp³-hybridized carbons (Fsp3) is 0.500. The zero-order valence-electron chi connectivity index (χ0n) is 11.5. The summed E-state index contributed by atoms with van der Waals surface area (Å²) in [6, 6.07) is 7.31. The Morgan fingerprint density at radius 2 is 2.21 bits per heavy atom. The third kappa shape index (κ3) is 4.54. The van der Waals surface area contributed by atoms with Gasteiger partial charge in [-0.05, 0) is 24.6 Å². The van der Waals surface area contributed by atoms with Crippen molar-refractivity contribution < 1.29 is 14.6 Å². The predicted octanol–water partition coefficient (Wildman–Crippen LogP) is 0.840. The first-order chi connectivity index (χ1) is 9.10. The van der Waals surface area contributed by atoms with E-state index < -0.39 is 0 Å². The van der Waals surface area contributed by atoms with Crippen molar-refractivity contribution in [1.82, 2.24) is 4.90 Å². The van der Waals surface area contributed by atoms with E-state index in [4.69, 9.17) is 15.6 Å². The Hall–Kier alpha value is -1.59. The number of methoxy groups -OCH3 is 1. The first kappa shape index (κ1) is 15.5. The SMILES string of the molecule is COCCN(CCO)C(=O)C(C)c1cccc(N)c1. The zero-order valence-corrected chi connectivity index (χ0v) is 11.5. The van der Waals surface area contributed by atoms with E-state index in [2.05, 4.69) is 0 Å². The lowest BCUT2D eigenvalue weighted by Crippen LogP contribution is -2.38. The third-order valence-corrected chi connectivity index (χ3v) is 3.03. The van der Waals surface area contributed by atoms with E-state index in [9.17, 15) is 4.79 Å². The van der Waals surface area contributed by atoms with Gasteiger partial charge in [0.05, 0.1) is 19.1 Å². The molecule has 1 aromatic carbocycles. The normalized spacial score (nSPS) is 12.2. The van der Waals surface area contributed by atoms with E-state index >= 15 is 0 Å². The van der Waals surface area contributed by atoms with Crippen LogP contribution in [0.5, 0.6) is 0 Å². The highest BCUT2D eigenvalue weighted by Crippen LogP contribution is 2.20. The van der Waals surface area contributed by atoms with Gasteiger partial charge < -0.3 is 20.5 Å². The maximum absolute atomic E-state index is 12.4. The summed E-state index contributed by atoms with van der Waals surface area (Å²) in [4.78, 5) is 14.0. The highest BCUT2D eigenvalue weighted by atomic mass is 16.5. The van der Waals surface area contributed by atoms with E-state index in [0.29, 0.717) is 25.4 Å². The van der Waals surface area contributed by atoms with Crippen LogP contribution in [0.15, 0.2) is 24.3 Å². The highest BCUT2D eigenvalue weighted by Gasteiger charge is 2.21. The van der Waals surface area contributed by atoms with Crippen LogP contribution in [-0.4, -0.2) is 49.3 Å². The van der Waals surface area contributed by atoms with Crippen molar-refractivity contribution in [2.45, 2.75) is 12.8 Å². The minimum atomic E-state index is -0.285. The fourth-order valence-corrected chi connectivity index (χ4v) is 1.90. The van der Waals surface area contributed by atoms with Gasteiger partial charge in [-0.1, -0.05) is 12.1 Å². The quantitative estimate of drug-likeness (QED) is 0.717. The van der Waals surface area contributed by atoms with Gasteiger partial charge in [-0.3, -0.25) is 4.79 Å². The number of aliphatic hydroxyl groups is 1. The Morgan fingerprint density at radius 1 is 1.47 bits per heavy atom. The smallest absolute Gasteiger partial charge is 0.229 e. The molecule has 0 bridgehead atoms. The summed E-state index contributed by atoms with van der Waals surface area (Å²) in [7, 11) is 1.59. The van der Waals surface area contributed by atoms with Crippen LogP contribution in [0.2, 0.25) is 0 Å². The van der Waals surface area contributed by atoms with Gasteiger partial charge in [0.2, 0.25) is 5.91 Å². The zero-order chi connectivity index (χ0) is 14.3. The van der Waals surface area contributed by atoms with Gasteiger partial charge in [0, 0.05) is 25.9 Å². The van der Waals surface area contributed by atoms with Gasteiger partial charge in [-0.2, -0.15) is 0 Å². The van der Waals surface area contributed by atoms with Crippen molar-refractivity contribution in [2.75, 3.05) is 39.1 Å². The number of carbonyl (C=O) groups is 1. The van der Waals surface area contributed by atoms with Crippen LogP contribution in [0, 0.1) is 0 Å². The Morgan fingerprint density at radius 3 is 2.79 bits per heavy atom. The monoisotopic (exact) mass is 266 g/mol. The lowest BCUT2D eigenvalue weighted by Gasteiger charge is -2.25. The van der Waals surface area contributed by atoms with Crippen LogP contribution < -0.4 is 5.73 Å². The number of anilines is 1. The summed E-state index contributed by atoms with van der Waals surface area (Å²) in [5, 5.41) is 9.03. The molecule has 0 heterocycles. The molecule has 0 saturated carbocycles. The van der Waals surface area contributed by atoms with Crippen molar-refractivity contribution in [1.29, 1.82) is 0 Å². The first-order valence-electron chi connectivity index (χ1n) is 6.34. The topological polar surface area (TPSA) is 75.8 Å². The highest BCUT2D eigenvalue weighted by molar-refractivity contribution is 5.83. The van der Waals surface area contributed by atoms with Gasteiger partial charge in [0.15, 0.2) is 0 Å². The minimum Gasteiger partial charge on any atom is -0.399 e. The average molecular weight is 266 g/mol. The van der Waals surface area contributed by atoms with E-state index in [1.807, 2.05) is 19.1 Å². The van der Waals surface area contributed by atoms with Gasteiger partial charge in [-0.25, -0.2) is 0 Å². The standard InChI is InChI=1S/C14H22N2O3/c1-11(12-4-3-5-13(15)10-12)14(18)16(6-8-17)7-9-19-2/h3-5,10-11,17H,6-9,15H2,1-2H3. The van der Waals surface area contributed by atoms with Crippen LogP contribution >= 0.6 is 0 Å². The molecule has 0 aromatic heterocycles. The molecule has 0 fully saturated rings. The van der Waals surface area contributed by atoms with Gasteiger partial charge in [0.25, 0.3) is 0 Å². The molecule has 5 heteroatoms. The van der Waals surface area contributed by atoms with Gasteiger partial charge in [0.1, 0.15) is 0 Å². The Bertz CT molecular complexity index is 409. The Kier molecular flexibility index (Phi) is 6.32. The van der Waals surface area contributed by atoms with E-state index in [-0.39, 0.29) is 18.4 Å². The molecular weight excluding hydrogens is 244 g/mol. The maximum atomic E-state index is 12.4. The molecule has 1 rings (SSSR count). The number of hydrogen-bond donors (Lipinski definition) is 2. The van der Waals surface area contributed by atoms with Crippen LogP contribution in [0.1, 0.15) is 18.4 Å². The molecule has 3 N–H and O–H groups in total. The van der Waals surface area contributed by atoms with Crippen molar-refractivity contribution in [2.24, 2.45) is 0 Å². The molecule has 1 unspecified atom stereocenters.